The first-order valence-electron chi connectivity index (χ1n) is 7.10. The molecule has 1 N–H and O–H groups in total. The number of rotatable bonds is 5. The first kappa shape index (κ1) is 16.1. The van der Waals surface area contributed by atoms with Crippen LogP contribution in [0.5, 0.6) is 5.75 Å². The van der Waals surface area contributed by atoms with Crippen molar-refractivity contribution in [3.8, 4) is 5.75 Å². The molecule has 0 radical (unpaired) electrons. The van der Waals surface area contributed by atoms with E-state index in [1.165, 1.54) is 38.5 Å². The van der Waals surface area contributed by atoms with Crippen molar-refractivity contribution in [1.29, 1.82) is 0 Å². The first-order chi connectivity index (χ1) is 11.4. The van der Waals surface area contributed by atoms with Gasteiger partial charge >= 0.3 is 0 Å². The number of Topliss-reactive ketones (excluding diaryl/α,β-unsaturated/α-hetero) is 1. The number of sulfonamides is 1. The summed E-state index contributed by atoms with van der Waals surface area (Å²) >= 11 is 0. The van der Waals surface area contributed by atoms with Gasteiger partial charge in [-0.25, -0.2) is 8.42 Å². The van der Waals surface area contributed by atoms with Crippen LogP contribution in [0.25, 0.3) is 11.0 Å². The monoisotopic (exact) mass is 345 g/mol. The highest BCUT2D eigenvalue weighted by atomic mass is 32.2. The van der Waals surface area contributed by atoms with Crippen LogP contribution in [0.3, 0.4) is 0 Å². The standard InChI is InChI=1S/C17H15NO5S/c1-11(19)13-4-6-15(22-2)17(9-13)24(20,21)18-14-5-3-12-7-8-23-16(12)10-14/h3-10,18H,1-2H3. The number of anilines is 1. The summed E-state index contributed by atoms with van der Waals surface area (Å²) in [5, 5.41) is 0.870. The predicted molar refractivity (Wildman–Crippen MR) is 90.0 cm³/mol. The van der Waals surface area contributed by atoms with E-state index in [1.807, 2.05) is 0 Å². The van der Waals surface area contributed by atoms with Crippen molar-refractivity contribution in [3.05, 3.63) is 54.3 Å². The zero-order valence-electron chi connectivity index (χ0n) is 13.1. The molecule has 0 atom stereocenters. The SMILES string of the molecule is COc1ccc(C(C)=O)cc1S(=O)(=O)Nc1ccc2ccoc2c1. The summed E-state index contributed by atoms with van der Waals surface area (Å²) in [6.45, 7) is 1.37. The molecule has 2 aromatic carbocycles. The van der Waals surface area contributed by atoms with Gasteiger partial charge in [0, 0.05) is 17.0 Å². The van der Waals surface area contributed by atoms with E-state index < -0.39 is 10.0 Å². The lowest BCUT2D eigenvalue weighted by Gasteiger charge is -2.12. The Morgan fingerprint density at radius 3 is 2.62 bits per heavy atom. The minimum atomic E-state index is -3.93. The molecular formula is C17H15NO5S. The van der Waals surface area contributed by atoms with Gasteiger partial charge in [-0.3, -0.25) is 9.52 Å². The number of hydrogen-bond donors (Lipinski definition) is 1. The summed E-state index contributed by atoms with van der Waals surface area (Å²) in [6.07, 6.45) is 1.53. The third-order valence-electron chi connectivity index (χ3n) is 3.57. The highest BCUT2D eigenvalue weighted by molar-refractivity contribution is 7.92. The average molecular weight is 345 g/mol. The number of carbonyl (C=O) groups is 1. The number of hydrogen-bond acceptors (Lipinski definition) is 5. The minimum Gasteiger partial charge on any atom is -0.495 e. The van der Waals surface area contributed by atoms with Gasteiger partial charge in [0.1, 0.15) is 16.2 Å². The largest absolute Gasteiger partial charge is 0.495 e. The van der Waals surface area contributed by atoms with Gasteiger partial charge in [0.2, 0.25) is 0 Å². The van der Waals surface area contributed by atoms with Crippen LogP contribution >= 0.6 is 0 Å². The number of ketones is 1. The molecule has 0 amide bonds. The Bertz CT molecular complexity index is 1020. The Balaban J connectivity index is 2.03. The molecule has 0 saturated carbocycles. The molecule has 3 rings (SSSR count). The van der Waals surface area contributed by atoms with Crippen molar-refractivity contribution >= 4 is 32.5 Å². The molecule has 0 spiro atoms. The smallest absolute Gasteiger partial charge is 0.265 e. The van der Waals surface area contributed by atoms with Crippen LogP contribution in [-0.4, -0.2) is 21.3 Å². The van der Waals surface area contributed by atoms with Crippen LogP contribution in [0.15, 0.2) is 58.0 Å². The molecule has 124 valence electrons. The Morgan fingerprint density at radius 2 is 1.92 bits per heavy atom. The predicted octanol–water partition coefficient (Wildman–Crippen LogP) is 3.44. The lowest BCUT2D eigenvalue weighted by Crippen LogP contribution is -2.14. The number of nitrogens with one attached hydrogen (secondary N) is 1. The molecule has 0 aliphatic carbocycles. The Hall–Kier alpha value is -2.80. The van der Waals surface area contributed by atoms with Gasteiger partial charge in [-0.05, 0) is 43.3 Å². The van der Waals surface area contributed by atoms with Crippen molar-refractivity contribution in [2.75, 3.05) is 11.8 Å². The molecule has 0 aliphatic rings. The van der Waals surface area contributed by atoms with Gasteiger partial charge in [-0.15, -0.1) is 0 Å². The summed E-state index contributed by atoms with van der Waals surface area (Å²) in [6, 6.07) is 11.0. The van der Waals surface area contributed by atoms with E-state index in [1.54, 1.807) is 24.3 Å². The highest BCUT2D eigenvalue weighted by Crippen LogP contribution is 2.28. The zero-order valence-corrected chi connectivity index (χ0v) is 13.9. The second-order valence-corrected chi connectivity index (χ2v) is 6.85. The molecule has 0 fully saturated rings. The van der Waals surface area contributed by atoms with Gasteiger partial charge in [-0.1, -0.05) is 0 Å². The maximum Gasteiger partial charge on any atom is 0.265 e. The van der Waals surface area contributed by atoms with Crippen LogP contribution in [-0.2, 0) is 10.0 Å². The summed E-state index contributed by atoms with van der Waals surface area (Å²) in [4.78, 5) is 11.4. The molecule has 0 unspecified atom stereocenters. The van der Waals surface area contributed by atoms with E-state index >= 15 is 0 Å². The van der Waals surface area contributed by atoms with Crippen molar-refractivity contribution in [3.63, 3.8) is 0 Å². The van der Waals surface area contributed by atoms with Crippen molar-refractivity contribution in [1.82, 2.24) is 0 Å². The van der Waals surface area contributed by atoms with Gasteiger partial charge in [-0.2, -0.15) is 0 Å². The maximum absolute atomic E-state index is 12.7. The number of methoxy groups -OCH3 is 1. The Morgan fingerprint density at radius 1 is 1.12 bits per heavy atom. The zero-order chi connectivity index (χ0) is 17.3. The van der Waals surface area contributed by atoms with E-state index in [2.05, 4.69) is 4.72 Å². The van der Waals surface area contributed by atoms with E-state index in [-0.39, 0.29) is 22.0 Å². The molecule has 1 aromatic heterocycles. The number of carbonyl (C=O) groups excluding carboxylic acids is 1. The van der Waals surface area contributed by atoms with E-state index in [0.29, 0.717) is 11.3 Å². The van der Waals surface area contributed by atoms with Crippen LogP contribution in [0.2, 0.25) is 0 Å². The quantitative estimate of drug-likeness (QED) is 0.716. The average Bonchev–Trinajstić information content (AvgIpc) is 3.01. The molecule has 3 aromatic rings. The lowest BCUT2D eigenvalue weighted by atomic mass is 10.1. The Kier molecular flexibility index (Phi) is 4.02. The van der Waals surface area contributed by atoms with Gasteiger partial charge in [0.25, 0.3) is 10.0 Å². The first-order valence-corrected chi connectivity index (χ1v) is 8.58. The molecule has 0 saturated heterocycles. The van der Waals surface area contributed by atoms with Crippen molar-refractivity contribution in [2.45, 2.75) is 11.8 Å². The van der Waals surface area contributed by atoms with Crippen molar-refractivity contribution < 1.29 is 22.4 Å². The fourth-order valence-corrected chi connectivity index (χ4v) is 3.58. The van der Waals surface area contributed by atoms with E-state index in [4.69, 9.17) is 9.15 Å². The molecule has 0 bridgehead atoms. The van der Waals surface area contributed by atoms with E-state index in [0.717, 1.165) is 5.39 Å². The molecule has 7 heteroatoms. The molecular weight excluding hydrogens is 330 g/mol. The third kappa shape index (κ3) is 2.98. The number of fused-ring (bicyclic) bond motifs is 1. The second kappa shape index (κ2) is 6.01. The van der Waals surface area contributed by atoms with Gasteiger partial charge in [0.15, 0.2) is 5.78 Å². The summed E-state index contributed by atoms with van der Waals surface area (Å²) in [5.74, 6) is -0.0716. The third-order valence-corrected chi connectivity index (χ3v) is 4.97. The topological polar surface area (TPSA) is 85.6 Å². The van der Waals surface area contributed by atoms with E-state index in [9.17, 15) is 13.2 Å². The van der Waals surface area contributed by atoms with Crippen LogP contribution in [0.4, 0.5) is 5.69 Å². The molecule has 1 heterocycles. The summed E-state index contributed by atoms with van der Waals surface area (Å²) in [7, 11) is -2.56. The molecule has 0 aliphatic heterocycles. The summed E-state index contributed by atoms with van der Waals surface area (Å²) < 4.78 is 38.3. The number of benzene rings is 2. The van der Waals surface area contributed by atoms with Crippen LogP contribution in [0.1, 0.15) is 17.3 Å². The lowest BCUT2D eigenvalue weighted by molar-refractivity contribution is 0.101. The van der Waals surface area contributed by atoms with Gasteiger partial charge in [0.05, 0.1) is 19.1 Å². The van der Waals surface area contributed by atoms with Crippen molar-refractivity contribution in [2.24, 2.45) is 0 Å². The Labute approximate surface area is 139 Å². The highest BCUT2D eigenvalue weighted by Gasteiger charge is 2.21. The normalized spacial score (nSPS) is 11.4. The molecule has 24 heavy (non-hydrogen) atoms. The number of furan rings is 1. The minimum absolute atomic E-state index is 0.0998. The number of ether oxygens (including phenoxy) is 1. The van der Waals surface area contributed by atoms with Crippen LogP contribution < -0.4 is 9.46 Å². The second-order valence-electron chi connectivity index (χ2n) is 5.20. The summed E-state index contributed by atoms with van der Waals surface area (Å²) in [5.41, 5.74) is 1.21. The molecule has 6 nitrogen and oxygen atoms in total. The maximum atomic E-state index is 12.7. The fourth-order valence-electron chi connectivity index (χ4n) is 2.33. The fraction of sp³-hybridized carbons (Fsp3) is 0.118. The van der Waals surface area contributed by atoms with Gasteiger partial charge < -0.3 is 9.15 Å². The van der Waals surface area contributed by atoms with Crippen LogP contribution in [0, 0.1) is 0 Å².